The number of hydrogen-bond acceptors (Lipinski definition) is 3. The lowest BCUT2D eigenvalue weighted by Crippen LogP contribution is -2.03. The van der Waals surface area contributed by atoms with Gasteiger partial charge in [0.2, 0.25) is 0 Å². The van der Waals surface area contributed by atoms with Crippen molar-refractivity contribution >= 4 is 21.7 Å². The molecule has 0 fully saturated rings. The molecule has 0 heterocycles. The van der Waals surface area contributed by atoms with E-state index in [0.717, 1.165) is 10.6 Å². The first kappa shape index (κ1) is 10.7. The minimum Gasteiger partial charge on any atom is -0.491 e. The Morgan fingerprint density at radius 2 is 2.23 bits per heavy atom. The summed E-state index contributed by atoms with van der Waals surface area (Å²) in [6.07, 6.45) is 0. The molecule has 0 aromatic heterocycles. The molecule has 0 aliphatic carbocycles. The molecule has 0 bridgehead atoms. The molecule has 72 valence electrons. The fourth-order valence-corrected chi connectivity index (χ4v) is 1.43. The first-order chi connectivity index (χ1) is 6.36. The van der Waals surface area contributed by atoms with Crippen LogP contribution in [0.25, 0.3) is 0 Å². The Bertz CT molecular complexity index is 255. The van der Waals surface area contributed by atoms with Crippen molar-refractivity contribution in [2.45, 2.75) is 4.90 Å². The summed E-state index contributed by atoms with van der Waals surface area (Å²) >= 11 is 0. The second kappa shape index (κ2) is 6.13. The maximum Gasteiger partial charge on any atom is 0.120 e. The third kappa shape index (κ3) is 3.89. The molecule has 0 spiro atoms. The van der Waals surface area contributed by atoms with Gasteiger partial charge in [-0.2, -0.15) is 0 Å². The summed E-state index contributed by atoms with van der Waals surface area (Å²) in [4.78, 5) is 0.983. The molecule has 4 heteroatoms. The van der Waals surface area contributed by atoms with Crippen molar-refractivity contribution in [1.29, 1.82) is 0 Å². The molecule has 0 unspecified atom stereocenters. The fourth-order valence-electron chi connectivity index (χ4n) is 0.855. The van der Waals surface area contributed by atoms with E-state index in [1.807, 2.05) is 24.3 Å². The Morgan fingerprint density at radius 1 is 1.38 bits per heavy atom. The van der Waals surface area contributed by atoms with E-state index < -0.39 is 0 Å². The van der Waals surface area contributed by atoms with Crippen molar-refractivity contribution in [3.8, 4) is 5.75 Å². The highest BCUT2D eigenvalue weighted by molar-refractivity contribution is 8.21. The Morgan fingerprint density at radius 3 is 2.92 bits per heavy atom. The van der Waals surface area contributed by atoms with E-state index in [9.17, 15) is 0 Å². The minimum atomic E-state index is 0.562. The Labute approximate surface area is 86.7 Å². The number of benzene rings is 1. The Hall–Kier alpha value is -0.380. The van der Waals surface area contributed by atoms with Crippen LogP contribution in [0.2, 0.25) is 0 Å². The maximum atomic E-state index is 5.60. The smallest absolute Gasteiger partial charge is 0.120 e. The van der Waals surface area contributed by atoms with Gasteiger partial charge in [0.25, 0.3) is 0 Å². The number of hydrogen-bond donors (Lipinski definition) is 0. The third-order valence-corrected chi connectivity index (χ3v) is 2.42. The molecule has 0 aliphatic rings. The molecular formula is C9H11ClO2S. The number of rotatable bonds is 5. The van der Waals surface area contributed by atoms with Crippen molar-refractivity contribution in [3.05, 3.63) is 24.3 Å². The lowest BCUT2D eigenvalue weighted by Gasteiger charge is -2.05. The van der Waals surface area contributed by atoms with Gasteiger partial charge in [-0.15, -0.1) is 0 Å². The fraction of sp³-hybridized carbons (Fsp3) is 0.333. The van der Waals surface area contributed by atoms with E-state index in [4.69, 9.17) is 20.2 Å². The van der Waals surface area contributed by atoms with E-state index in [1.165, 1.54) is 11.0 Å². The highest BCUT2D eigenvalue weighted by Crippen LogP contribution is 2.25. The summed E-state index contributed by atoms with van der Waals surface area (Å²) in [6.45, 7) is 1.16. The monoisotopic (exact) mass is 218 g/mol. The average Bonchev–Trinajstić information content (AvgIpc) is 2.19. The van der Waals surface area contributed by atoms with Crippen LogP contribution in [0.15, 0.2) is 29.2 Å². The summed E-state index contributed by atoms with van der Waals surface area (Å²) in [5, 5.41) is 0. The van der Waals surface area contributed by atoms with Crippen LogP contribution in [0.5, 0.6) is 5.75 Å². The lowest BCUT2D eigenvalue weighted by atomic mass is 10.3. The quantitative estimate of drug-likeness (QED) is 0.708. The van der Waals surface area contributed by atoms with Crippen molar-refractivity contribution in [1.82, 2.24) is 0 Å². The number of halogens is 1. The molecule has 1 aromatic carbocycles. The van der Waals surface area contributed by atoms with Gasteiger partial charge in [0.05, 0.1) is 6.61 Å². The molecule has 0 atom stereocenters. The predicted molar refractivity (Wildman–Crippen MR) is 55.5 cm³/mol. The van der Waals surface area contributed by atoms with Crippen LogP contribution < -0.4 is 4.74 Å². The third-order valence-electron chi connectivity index (χ3n) is 1.45. The van der Waals surface area contributed by atoms with Crippen molar-refractivity contribution < 1.29 is 9.47 Å². The van der Waals surface area contributed by atoms with Gasteiger partial charge in [-0.1, -0.05) is 6.07 Å². The molecule has 0 amide bonds. The molecule has 0 saturated heterocycles. The van der Waals surface area contributed by atoms with Crippen molar-refractivity contribution in [2.24, 2.45) is 0 Å². The second-order valence-electron chi connectivity index (χ2n) is 2.39. The summed E-state index contributed by atoms with van der Waals surface area (Å²) in [5.74, 6) is 0.822. The zero-order valence-corrected chi connectivity index (χ0v) is 8.90. The van der Waals surface area contributed by atoms with Gasteiger partial charge in [0.1, 0.15) is 12.4 Å². The molecule has 1 aromatic rings. The normalized spacial score (nSPS) is 10.0. The first-order valence-electron chi connectivity index (χ1n) is 3.87. The Balaban J connectivity index is 2.46. The summed E-state index contributed by atoms with van der Waals surface area (Å²) in [5.41, 5.74) is 0. The molecule has 1 rings (SSSR count). The average molecular weight is 219 g/mol. The molecule has 2 nitrogen and oxygen atoms in total. The number of ether oxygens (including phenoxy) is 2. The van der Waals surface area contributed by atoms with Crippen LogP contribution >= 0.6 is 21.7 Å². The highest BCUT2D eigenvalue weighted by atomic mass is 35.7. The van der Waals surface area contributed by atoms with E-state index in [0.29, 0.717) is 13.2 Å². The highest BCUT2D eigenvalue weighted by Gasteiger charge is 1.95. The van der Waals surface area contributed by atoms with Crippen molar-refractivity contribution in [2.75, 3.05) is 20.3 Å². The zero-order valence-electron chi connectivity index (χ0n) is 7.33. The van der Waals surface area contributed by atoms with Gasteiger partial charge in [0.15, 0.2) is 0 Å². The van der Waals surface area contributed by atoms with Gasteiger partial charge in [-0.25, -0.2) is 0 Å². The van der Waals surface area contributed by atoms with Crippen LogP contribution in [0, 0.1) is 0 Å². The zero-order chi connectivity index (χ0) is 9.52. The first-order valence-corrected chi connectivity index (χ1v) is 5.51. The van der Waals surface area contributed by atoms with Crippen LogP contribution in [0.3, 0.4) is 0 Å². The van der Waals surface area contributed by atoms with E-state index in [1.54, 1.807) is 7.11 Å². The Kier molecular flexibility index (Phi) is 5.05. The molecule has 0 saturated carbocycles. The lowest BCUT2D eigenvalue weighted by molar-refractivity contribution is 0.146. The van der Waals surface area contributed by atoms with E-state index in [2.05, 4.69) is 0 Å². The van der Waals surface area contributed by atoms with Gasteiger partial charge in [-0.05, 0) is 39.9 Å². The van der Waals surface area contributed by atoms with Crippen LogP contribution in [-0.2, 0) is 4.74 Å². The molecule has 0 N–H and O–H groups in total. The van der Waals surface area contributed by atoms with E-state index >= 15 is 0 Å². The molecule has 0 aliphatic heterocycles. The largest absolute Gasteiger partial charge is 0.491 e. The van der Waals surface area contributed by atoms with Crippen LogP contribution in [0.4, 0.5) is 0 Å². The number of methoxy groups -OCH3 is 1. The van der Waals surface area contributed by atoms with Crippen LogP contribution in [-0.4, -0.2) is 20.3 Å². The minimum absolute atomic E-state index is 0.562. The van der Waals surface area contributed by atoms with Crippen molar-refractivity contribution in [3.63, 3.8) is 0 Å². The predicted octanol–water partition coefficient (Wildman–Crippen LogP) is 2.96. The van der Waals surface area contributed by atoms with E-state index in [-0.39, 0.29) is 0 Å². The maximum absolute atomic E-state index is 5.60. The standard InChI is InChI=1S/C9H11ClO2S/c1-11-5-6-12-8-3-2-4-9(7-8)13-10/h2-4,7H,5-6H2,1H3. The topological polar surface area (TPSA) is 18.5 Å². The summed E-state index contributed by atoms with van der Waals surface area (Å²) in [7, 11) is 8.43. The van der Waals surface area contributed by atoms with Gasteiger partial charge in [-0.3, -0.25) is 0 Å². The van der Waals surface area contributed by atoms with Gasteiger partial charge >= 0.3 is 0 Å². The molecular weight excluding hydrogens is 208 g/mol. The SMILES string of the molecule is COCCOc1cccc(SCl)c1. The second-order valence-corrected chi connectivity index (χ2v) is 3.48. The van der Waals surface area contributed by atoms with Gasteiger partial charge in [0, 0.05) is 12.0 Å². The van der Waals surface area contributed by atoms with Crippen LogP contribution in [0.1, 0.15) is 0 Å². The summed E-state index contributed by atoms with van der Waals surface area (Å²) < 4.78 is 10.3. The molecule has 0 radical (unpaired) electrons. The summed E-state index contributed by atoms with van der Waals surface area (Å²) in [6, 6.07) is 7.63. The molecule has 13 heavy (non-hydrogen) atoms. The van der Waals surface area contributed by atoms with Gasteiger partial charge < -0.3 is 9.47 Å².